The van der Waals surface area contributed by atoms with Crippen LogP contribution in [0.15, 0.2) is 182 Å². The molecular weight excluding hydrogens is 924 g/mol. The fraction of sp³-hybridized carbons (Fsp3) is 0.194. The predicted molar refractivity (Wildman–Crippen MR) is 310 cm³/mol. The molecule has 0 unspecified atom stereocenters. The second-order valence-electron chi connectivity index (χ2n) is 23.5. The molecule has 3 aliphatic heterocycles. The average Bonchev–Trinajstić information content (AvgIpc) is 3.97. The largest absolute Gasteiger partial charge is 0.456 e. The van der Waals surface area contributed by atoms with Crippen molar-refractivity contribution in [2.45, 2.75) is 94.3 Å². The number of anilines is 5. The van der Waals surface area contributed by atoms with Gasteiger partial charge in [-0.1, -0.05) is 151 Å². The first-order valence-electron chi connectivity index (χ1n) is 26.2. The monoisotopic (exact) mass is 978 g/mol. The summed E-state index contributed by atoms with van der Waals surface area (Å²) in [5.74, 6) is 1.74. The van der Waals surface area contributed by atoms with Crippen LogP contribution in [0, 0.1) is 6.92 Å². The summed E-state index contributed by atoms with van der Waals surface area (Å²) in [6, 6.07) is 60.5. The van der Waals surface area contributed by atoms with Crippen molar-refractivity contribution in [3.05, 3.63) is 186 Å². The summed E-state index contributed by atoms with van der Waals surface area (Å²) < 4.78 is 21.2. The number of benzene rings is 9. The molecule has 2 aromatic heterocycles. The van der Waals surface area contributed by atoms with E-state index in [1.54, 1.807) is 11.8 Å². The number of rotatable bonds is 3. The lowest BCUT2D eigenvalue weighted by molar-refractivity contribution is 0.332. The topological polar surface area (TPSA) is 42.0 Å². The van der Waals surface area contributed by atoms with E-state index in [2.05, 4.69) is 229 Å². The van der Waals surface area contributed by atoms with E-state index >= 15 is 0 Å². The van der Waals surface area contributed by atoms with Gasteiger partial charge in [0.15, 0.2) is 0 Å². The molecule has 5 heterocycles. The molecule has 360 valence electrons. The average molecular weight is 979 g/mol. The lowest BCUT2D eigenvalue weighted by Gasteiger charge is -2.47. The van der Waals surface area contributed by atoms with Crippen LogP contribution in [-0.2, 0) is 16.2 Å². The van der Waals surface area contributed by atoms with Gasteiger partial charge in [-0.05, 0) is 148 Å². The zero-order valence-electron chi connectivity index (χ0n) is 43.1. The molecule has 0 fully saturated rings. The van der Waals surface area contributed by atoms with Crippen LogP contribution >= 0.6 is 11.8 Å². The van der Waals surface area contributed by atoms with Crippen LogP contribution < -0.4 is 25.4 Å². The fourth-order valence-electron chi connectivity index (χ4n) is 13.1. The first-order valence-corrected chi connectivity index (χ1v) is 27.0. The Kier molecular flexibility index (Phi) is 9.05. The van der Waals surface area contributed by atoms with Crippen molar-refractivity contribution in [1.82, 2.24) is 0 Å². The quantitative estimate of drug-likeness (QED) is 0.164. The van der Waals surface area contributed by atoms with Crippen molar-refractivity contribution in [2.75, 3.05) is 9.71 Å². The number of aryl methyl sites for hydroxylation is 1. The number of para-hydroxylation sites is 3. The van der Waals surface area contributed by atoms with Gasteiger partial charge in [-0.3, -0.25) is 0 Å². The number of ether oxygens (including phenoxy) is 1. The molecule has 15 rings (SSSR count). The predicted octanol–water partition coefficient (Wildman–Crippen LogP) is 18.1. The number of nitrogens with zero attached hydrogens (tertiary/aromatic N) is 2. The molecule has 74 heavy (non-hydrogen) atoms. The number of hydrogen-bond acceptors (Lipinski definition) is 6. The highest BCUT2D eigenvalue weighted by atomic mass is 32.2. The lowest BCUT2D eigenvalue weighted by Crippen LogP contribution is -2.61. The molecule has 0 amide bonds. The molecule has 1 aliphatic carbocycles. The van der Waals surface area contributed by atoms with Crippen LogP contribution in [-0.4, -0.2) is 6.85 Å². The van der Waals surface area contributed by atoms with Crippen molar-refractivity contribution in [2.24, 2.45) is 0 Å². The van der Waals surface area contributed by atoms with Gasteiger partial charge >= 0.3 is 6.85 Å². The fourth-order valence-corrected chi connectivity index (χ4v) is 14.0. The number of furan rings is 2. The maximum Gasteiger partial charge on any atom is 0.333 e. The van der Waals surface area contributed by atoms with Crippen molar-refractivity contribution >= 4 is 102 Å². The summed E-state index contributed by atoms with van der Waals surface area (Å²) in [5.41, 5.74) is 21.4. The number of fused-ring (bicyclic) bond motifs is 15. The molecule has 0 bridgehead atoms. The summed E-state index contributed by atoms with van der Waals surface area (Å²) in [7, 11) is 0. The second kappa shape index (κ2) is 15.2. The second-order valence-corrected chi connectivity index (χ2v) is 24.6. The van der Waals surface area contributed by atoms with Crippen LogP contribution in [0.4, 0.5) is 28.4 Å². The van der Waals surface area contributed by atoms with Crippen LogP contribution in [0.25, 0.3) is 66.1 Å². The standard InChI is InChI=1S/C67H55BN2O3S/c1-38-32-45-46(67(7,8)31-30-66(45,5)6)35-50(38)69-51-37-59-57(72-55-24-16-17-25-58(55)74-59)36-47(51)68-63-52(69)34-44-41-20-12-14-22-53(41)73-64(44)62(63)61-49(28-29-56-60(61)42-21-13-15-23-54(42)71-56)70(68)48-27-26-40(65(2,3)4)33-43(48)39-18-10-9-11-19-39/h9-29,32-37H,30-31H2,1-8H3. The van der Waals surface area contributed by atoms with E-state index in [-0.39, 0.29) is 23.1 Å². The molecular formula is C67H55BN2O3S. The summed E-state index contributed by atoms with van der Waals surface area (Å²) in [6.07, 6.45) is 2.27. The van der Waals surface area contributed by atoms with Gasteiger partial charge in [0, 0.05) is 66.7 Å². The first-order chi connectivity index (χ1) is 35.7. The highest BCUT2D eigenvalue weighted by Crippen LogP contribution is 2.58. The Labute approximate surface area is 436 Å². The molecule has 4 aliphatic rings. The SMILES string of the molecule is Cc1cc2c(cc1N1c3cc4c(cc3B3c5c1cc1c(oc6ccccc61)c5-c1c(ccc5oc6ccccc6c15)N3c1ccc(C(C)(C)C)cc1-c1ccccc1)Oc1ccccc1S4)C(C)(C)CCC2(C)C. The highest BCUT2D eigenvalue weighted by Gasteiger charge is 2.49. The summed E-state index contributed by atoms with van der Waals surface area (Å²) in [6.45, 7) is 18.7. The Balaban J connectivity index is 1.14. The Morgan fingerprint density at radius 1 is 0.541 bits per heavy atom. The molecule has 0 spiro atoms. The molecule has 5 nitrogen and oxygen atoms in total. The van der Waals surface area contributed by atoms with Crippen molar-refractivity contribution in [1.29, 1.82) is 0 Å². The molecule has 0 atom stereocenters. The van der Waals surface area contributed by atoms with Gasteiger partial charge in [0.25, 0.3) is 0 Å². The third kappa shape index (κ3) is 6.19. The Morgan fingerprint density at radius 2 is 1.23 bits per heavy atom. The van der Waals surface area contributed by atoms with Gasteiger partial charge in [-0.25, -0.2) is 0 Å². The van der Waals surface area contributed by atoms with E-state index in [9.17, 15) is 0 Å². The summed E-state index contributed by atoms with van der Waals surface area (Å²) in [5, 5.41) is 4.34. The molecule has 0 N–H and O–H groups in total. The van der Waals surface area contributed by atoms with Gasteiger partial charge in [-0.15, -0.1) is 0 Å². The highest BCUT2D eigenvalue weighted by molar-refractivity contribution is 7.99. The first kappa shape index (κ1) is 43.9. The zero-order chi connectivity index (χ0) is 50.2. The van der Waals surface area contributed by atoms with E-state index in [0.29, 0.717) is 0 Å². The van der Waals surface area contributed by atoms with Gasteiger partial charge in [0.05, 0.1) is 9.79 Å². The van der Waals surface area contributed by atoms with Gasteiger partial charge < -0.3 is 23.3 Å². The summed E-state index contributed by atoms with van der Waals surface area (Å²) in [4.78, 5) is 7.49. The van der Waals surface area contributed by atoms with Gasteiger partial charge in [-0.2, -0.15) is 0 Å². The van der Waals surface area contributed by atoms with E-state index < -0.39 is 0 Å². The molecule has 0 saturated heterocycles. The smallest absolute Gasteiger partial charge is 0.333 e. The van der Waals surface area contributed by atoms with Crippen LogP contribution in [0.3, 0.4) is 0 Å². The van der Waals surface area contributed by atoms with E-state index in [1.807, 2.05) is 0 Å². The Morgan fingerprint density at radius 3 is 2.01 bits per heavy atom. The summed E-state index contributed by atoms with van der Waals surface area (Å²) >= 11 is 1.79. The Bertz CT molecular complexity index is 4230. The zero-order valence-corrected chi connectivity index (χ0v) is 43.9. The van der Waals surface area contributed by atoms with Crippen molar-refractivity contribution in [3.8, 4) is 33.8 Å². The normalized spacial score (nSPS) is 15.9. The minimum atomic E-state index is -0.334. The third-order valence-electron chi connectivity index (χ3n) is 17.0. The number of hydrogen-bond donors (Lipinski definition) is 0. The van der Waals surface area contributed by atoms with Crippen LogP contribution in [0.1, 0.15) is 83.6 Å². The van der Waals surface area contributed by atoms with Gasteiger partial charge in [0.2, 0.25) is 0 Å². The maximum atomic E-state index is 7.32. The van der Waals surface area contributed by atoms with Gasteiger partial charge in [0.1, 0.15) is 33.8 Å². The van der Waals surface area contributed by atoms with E-state index in [0.717, 1.165) is 117 Å². The maximum absolute atomic E-state index is 7.32. The van der Waals surface area contributed by atoms with E-state index in [1.165, 1.54) is 44.5 Å². The van der Waals surface area contributed by atoms with Crippen LogP contribution in [0.5, 0.6) is 11.5 Å². The Hall–Kier alpha value is -7.61. The van der Waals surface area contributed by atoms with Crippen molar-refractivity contribution in [3.63, 3.8) is 0 Å². The van der Waals surface area contributed by atoms with E-state index in [4.69, 9.17) is 13.6 Å². The minimum absolute atomic E-state index is 0.0153. The molecule has 0 radical (unpaired) electrons. The molecule has 11 aromatic rings. The molecule has 9 aromatic carbocycles. The lowest BCUT2D eigenvalue weighted by atomic mass is 9.43. The van der Waals surface area contributed by atoms with Crippen molar-refractivity contribution < 1.29 is 13.6 Å². The molecule has 0 saturated carbocycles. The van der Waals surface area contributed by atoms with Crippen LogP contribution in [0.2, 0.25) is 0 Å². The molecule has 7 heteroatoms. The minimum Gasteiger partial charge on any atom is -0.456 e. The third-order valence-corrected chi connectivity index (χ3v) is 18.1.